The summed E-state index contributed by atoms with van der Waals surface area (Å²) in [5.74, 6) is 3.80. The van der Waals surface area contributed by atoms with Gasteiger partial charge in [-0.25, -0.2) is 9.97 Å². The Kier molecular flexibility index (Phi) is 13.9. The third kappa shape index (κ3) is 10.9. The molecule has 2 unspecified atom stereocenters. The molecule has 66 heavy (non-hydrogen) atoms. The van der Waals surface area contributed by atoms with E-state index in [9.17, 15) is 29.1 Å². The lowest BCUT2D eigenvalue weighted by molar-refractivity contribution is -0.131. The summed E-state index contributed by atoms with van der Waals surface area (Å²) in [4.78, 5) is 83.1. The molecule has 338 valence electrons. The number of hydrogen-bond donors (Lipinski definition) is 4. The number of ether oxygens (including phenoxy) is 1. The van der Waals surface area contributed by atoms with E-state index in [1.807, 2.05) is 67.6 Å². The smallest absolute Gasteiger partial charge is 0.266 e. The van der Waals surface area contributed by atoms with Crippen LogP contribution in [0.4, 0.5) is 17.3 Å². The molecule has 2 aromatic heterocycles. The van der Waals surface area contributed by atoms with Crippen LogP contribution in [0.1, 0.15) is 81.2 Å². The molecule has 2 saturated heterocycles. The molecule has 4 N–H and O–H groups in total. The van der Waals surface area contributed by atoms with Gasteiger partial charge in [0.05, 0.1) is 16.8 Å². The average molecular weight is 890 g/mol. The van der Waals surface area contributed by atoms with E-state index in [4.69, 9.17) is 4.74 Å². The molecule has 5 amide bonds. The van der Waals surface area contributed by atoms with Gasteiger partial charge < -0.3 is 25.4 Å². The third-order valence-electron chi connectivity index (χ3n) is 11.9. The Bertz CT molecular complexity index is 2690. The highest BCUT2D eigenvalue weighted by molar-refractivity contribution is 6.24. The molecular formula is C50H51N9O7. The van der Waals surface area contributed by atoms with Crippen LogP contribution in [0.15, 0.2) is 97.5 Å². The Morgan fingerprint density at radius 1 is 0.955 bits per heavy atom. The first-order valence-corrected chi connectivity index (χ1v) is 22.1. The van der Waals surface area contributed by atoms with E-state index in [1.54, 1.807) is 37.6 Å². The second-order valence-corrected chi connectivity index (χ2v) is 16.9. The minimum Gasteiger partial charge on any atom is -0.480 e. The minimum atomic E-state index is -1.26. The van der Waals surface area contributed by atoms with Crippen LogP contribution < -0.4 is 20.7 Å². The number of aromatic nitrogens is 3. The van der Waals surface area contributed by atoms with Gasteiger partial charge in [0.15, 0.2) is 0 Å². The molecule has 0 saturated carbocycles. The Morgan fingerprint density at radius 2 is 1.76 bits per heavy atom. The maximum atomic E-state index is 13.4. The zero-order valence-electron chi connectivity index (χ0n) is 36.9. The molecule has 0 aliphatic carbocycles. The second-order valence-electron chi connectivity index (χ2n) is 16.9. The van der Waals surface area contributed by atoms with E-state index in [0.29, 0.717) is 30.0 Å². The zero-order valence-corrected chi connectivity index (χ0v) is 36.9. The summed E-state index contributed by atoms with van der Waals surface area (Å²) in [6, 6.07) is 22.6. The van der Waals surface area contributed by atoms with Crippen molar-refractivity contribution in [3.8, 4) is 28.8 Å². The molecule has 0 spiro atoms. The molecule has 5 aromatic rings. The van der Waals surface area contributed by atoms with Crippen molar-refractivity contribution in [3.63, 3.8) is 0 Å². The van der Waals surface area contributed by atoms with E-state index in [0.717, 1.165) is 78.7 Å². The zero-order chi connectivity index (χ0) is 46.2. The minimum absolute atomic E-state index is 0.0537. The van der Waals surface area contributed by atoms with E-state index < -0.39 is 35.3 Å². The largest absolute Gasteiger partial charge is 0.480 e. The monoisotopic (exact) mass is 889 g/mol. The number of carbonyl (C=O) groups is 5. The fourth-order valence-electron chi connectivity index (χ4n) is 8.33. The number of carbonyl (C=O) groups excluding carboxylic acids is 5. The lowest BCUT2D eigenvalue weighted by Crippen LogP contribution is -2.49. The Balaban J connectivity index is 0.743. The van der Waals surface area contributed by atoms with Gasteiger partial charge in [-0.15, -0.1) is 0 Å². The number of imide groups is 2. The quantitative estimate of drug-likeness (QED) is 0.0821. The number of rotatable bonds is 14. The van der Waals surface area contributed by atoms with Crippen molar-refractivity contribution in [3.05, 3.63) is 125 Å². The van der Waals surface area contributed by atoms with Crippen LogP contribution in [0.2, 0.25) is 0 Å². The van der Waals surface area contributed by atoms with Gasteiger partial charge in [-0.1, -0.05) is 30.0 Å². The molecule has 16 heteroatoms. The maximum absolute atomic E-state index is 13.4. The predicted octanol–water partition coefficient (Wildman–Crippen LogP) is 5.37. The molecular weight excluding hydrogens is 839 g/mol. The number of hydrogen-bond acceptors (Lipinski definition) is 13. The van der Waals surface area contributed by atoms with Crippen molar-refractivity contribution < 1.29 is 33.8 Å². The highest BCUT2D eigenvalue weighted by Crippen LogP contribution is 2.34. The summed E-state index contributed by atoms with van der Waals surface area (Å²) in [6.45, 7) is 8.66. The molecule has 2 fully saturated rings. The summed E-state index contributed by atoms with van der Waals surface area (Å²) < 4.78 is 5.81. The number of aryl methyl sites for hydroxylation is 1. The summed E-state index contributed by atoms with van der Waals surface area (Å²) in [6.07, 6.45) is 7.07. The molecule has 0 radical (unpaired) electrons. The summed E-state index contributed by atoms with van der Waals surface area (Å²) in [5.41, 5.74) is 4.71. The van der Waals surface area contributed by atoms with Crippen LogP contribution in [0.5, 0.6) is 5.75 Å². The van der Waals surface area contributed by atoms with Crippen molar-refractivity contribution in [2.24, 2.45) is 0 Å². The number of nitrogens with zero attached hydrogens (tertiary/aromatic N) is 6. The van der Waals surface area contributed by atoms with E-state index in [-0.39, 0.29) is 42.2 Å². The van der Waals surface area contributed by atoms with Crippen molar-refractivity contribution in [2.75, 3.05) is 50.0 Å². The lowest BCUT2D eigenvalue weighted by atomic mass is 10.0. The first-order chi connectivity index (χ1) is 31.9. The number of aliphatic hydroxyl groups is 1. The SMILES string of the molecule is Cc1cc(NC(=O)c2ccc(CN3CCN(CCCC(C)(O)C#CCOc4cccc5c4C(=O)N(C4CCCC(=O)NC4=O)C5=O)CC3)cc2)ccc1Nc1nccc(-c2cccnc2)n1. The van der Waals surface area contributed by atoms with Crippen molar-refractivity contribution in [1.82, 2.24) is 35.0 Å². The number of nitrogens with one attached hydrogen (secondary N) is 3. The summed E-state index contributed by atoms with van der Waals surface area (Å²) in [5, 5.41) is 19.5. The van der Waals surface area contributed by atoms with Gasteiger partial charge in [-0.05, 0) is 118 Å². The van der Waals surface area contributed by atoms with Gasteiger partial charge >= 0.3 is 0 Å². The van der Waals surface area contributed by atoms with E-state index >= 15 is 0 Å². The standard InChI is InChI=1S/C50H51N9O7/c1-33-30-37(17-18-39(33)54-49-52-23-19-40(55-49)36-8-5-22-51-31-36)53-45(61)35-15-13-34(14-16-35)32-58-27-25-57(26-28-58)24-6-20-50(2,65)21-7-29-66-42-11-3-9-38-44(42)48(64)59(47(38)63)41-10-4-12-43(60)56-46(41)62/h3,5,8-9,11,13-19,22-23,30-31,41,65H,4,6,10,12,20,24-29,32H2,1-2H3,(H,53,61)(H,52,54,55)(H,56,60,62). The van der Waals surface area contributed by atoms with Gasteiger partial charge in [0.2, 0.25) is 17.8 Å². The second kappa shape index (κ2) is 20.2. The number of benzene rings is 3. The van der Waals surface area contributed by atoms with Crippen molar-refractivity contribution in [2.45, 2.75) is 64.1 Å². The van der Waals surface area contributed by atoms with Crippen LogP contribution >= 0.6 is 0 Å². The maximum Gasteiger partial charge on any atom is 0.266 e. The number of fused-ring (bicyclic) bond motifs is 1. The average Bonchev–Trinajstić information content (AvgIpc) is 3.44. The van der Waals surface area contributed by atoms with Crippen LogP contribution in [-0.2, 0) is 16.1 Å². The van der Waals surface area contributed by atoms with E-state index in [2.05, 4.69) is 52.5 Å². The topological polar surface area (TPSA) is 199 Å². The van der Waals surface area contributed by atoms with Gasteiger partial charge in [0.25, 0.3) is 17.7 Å². The normalized spacial score (nSPS) is 17.5. The van der Waals surface area contributed by atoms with Crippen LogP contribution in [0.25, 0.3) is 11.3 Å². The van der Waals surface area contributed by atoms with Crippen molar-refractivity contribution in [1.29, 1.82) is 0 Å². The Morgan fingerprint density at radius 3 is 2.53 bits per heavy atom. The highest BCUT2D eigenvalue weighted by atomic mass is 16.5. The number of anilines is 3. The molecule has 3 aliphatic heterocycles. The van der Waals surface area contributed by atoms with Gasteiger partial charge in [0, 0.05) is 80.2 Å². The summed E-state index contributed by atoms with van der Waals surface area (Å²) in [7, 11) is 0. The number of amides is 5. The van der Waals surface area contributed by atoms with Crippen LogP contribution in [0, 0.1) is 18.8 Å². The fraction of sp³-hybridized carbons (Fsp3) is 0.320. The Hall–Kier alpha value is -7.32. The lowest BCUT2D eigenvalue weighted by Gasteiger charge is -2.35. The van der Waals surface area contributed by atoms with Gasteiger partial charge in [-0.3, -0.25) is 44.1 Å². The number of pyridine rings is 1. The predicted molar refractivity (Wildman–Crippen MR) is 247 cm³/mol. The molecule has 16 nitrogen and oxygen atoms in total. The third-order valence-corrected chi connectivity index (χ3v) is 11.9. The first-order valence-electron chi connectivity index (χ1n) is 22.1. The molecule has 5 heterocycles. The molecule has 2 atom stereocenters. The molecule has 0 bridgehead atoms. The van der Waals surface area contributed by atoms with Gasteiger partial charge in [-0.2, -0.15) is 0 Å². The molecule has 8 rings (SSSR count). The summed E-state index contributed by atoms with van der Waals surface area (Å²) >= 11 is 0. The fourth-order valence-corrected chi connectivity index (χ4v) is 8.33. The van der Waals surface area contributed by atoms with Crippen LogP contribution in [0.3, 0.4) is 0 Å². The highest BCUT2D eigenvalue weighted by Gasteiger charge is 2.45. The molecule has 3 aromatic carbocycles. The van der Waals surface area contributed by atoms with Gasteiger partial charge in [0.1, 0.15) is 24.0 Å². The number of piperazine rings is 1. The van der Waals surface area contributed by atoms with Crippen LogP contribution in [-0.4, -0.2) is 115 Å². The molecule has 3 aliphatic rings. The first kappa shape index (κ1) is 45.3. The van der Waals surface area contributed by atoms with E-state index in [1.165, 1.54) is 6.07 Å². The Labute approximate surface area is 382 Å². The van der Waals surface area contributed by atoms with Crippen molar-refractivity contribution >= 4 is 46.9 Å².